The van der Waals surface area contributed by atoms with Gasteiger partial charge in [-0.1, -0.05) is 0 Å². The lowest BCUT2D eigenvalue weighted by atomic mass is 10.1. The van der Waals surface area contributed by atoms with Crippen LogP contribution in [0, 0.1) is 14.3 Å². The van der Waals surface area contributed by atoms with Crippen LogP contribution in [-0.2, 0) is 20.7 Å². The number of carbonyl (C=O) groups excluding carboxylic acids is 2. The Labute approximate surface area is 257 Å². The van der Waals surface area contributed by atoms with E-state index in [2.05, 4.69) is 55.8 Å². The standard InChI is InChI=1S/C22H22I4N2O7/c1-22(2,3)35-21(33)27-9-17(29)28-16(20(31)32)6-10-4-14(25)19(15(26)5-10)34-11-7-12(23)18(30)13(24)8-11/h4-5,7-8,16,30H,6,9H2,1-3H3,(H,27,33)(H,28,29)(H,31,32). The minimum absolute atomic E-state index is 0.0365. The number of ether oxygens (including phenoxy) is 2. The van der Waals surface area contributed by atoms with E-state index in [0.29, 0.717) is 24.2 Å². The number of halogens is 4. The number of nitrogens with one attached hydrogen (secondary N) is 2. The zero-order chi connectivity index (χ0) is 26.5. The number of alkyl carbamates (subject to hydrolysis) is 1. The Hall–Kier alpha value is -0.830. The van der Waals surface area contributed by atoms with E-state index in [-0.39, 0.29) is 12.2 Å². The molecule has 4 N–H and O–H groups in total. The van der Waals surface area contributed by atoms with E-state index >= 15 is 0 Å². The van der Waals surface area contributed by atoms with Crippen LogP contribution in [-0.4, -0.2) is 46.4 Å². The zero-order valence-electron chi connectivity index (χ0n) is 18.7. The normalized spacial score (nSPS) is 12.0. The molecule has 0 radical (unpaired) electrons. The topological polar surface area (TPSA) is 134 Å². The number of rotatable bonds is 8. The van der Waals surface area contributed by atoms with Crippen LogP contribution in [0.25, 0.3) is 0 Å². The quantitative estimate of drug-likeness (QED) is 0.267. The highest BCUT2D eigenvalue weighted by Gasteiger charge is 2.23. The molecular weight excluding hydrogens is 912 g/mol. The largest absolute Gasteiger partial charge is 0.506 e. The van der Waals surface area contributed by atoms with E-state index < -0.39 is 36.2 Å². The van der Waals surface area contributed by atoms with E-state index in [1.54, 1.807) is 45.0 Å². The molecule has 9 nitrogen and oxygen atoms in total. The van der Waals surface area contributed by atoms with E-state index in [1.807, 2.05) is 45.2 Å². The van der Waals surface area contributed by atoms with Crippen molar-refractivity contribution in [3.63, 3.8) is 0 Å². The first kappa shape index (κ1) is 30.4. The molecule has 0 saturated carbocycles. The number of benzene rings is 2. The molecule has 0 spiro atoms. The highest BCUT2D eigenvalue weighted by molar-refractivity contribution is 14.1. The van der Waals surface area contributed by atoms with Gasteiger partial charge in [-0.05, 0) is 141 Å². The summed E-state index contributed by atoms with van der Waals surface area (Å²) in [7, 11) is 0. The third kappa shape index (κ3) is 9.86. The van der Waals surface area contributed by atoms with Crippen molar-refractivity contribution in [1.29, 1.82) is 0 Å². The Morgan fingerprint density at radius 2 is 1.51 bits per heavy atom. The molecule has 2 amide bonds. The second-order valence-corrected chi connectivity index (χ2v) is 12.9. The average molecular weight is 934 g/mol. The smallest absolute Gasteiger partial charge is 0.408 e. The summed E-state index contributed by atoms with van der Waals surface area (Å²) in [4.78, 5) is 35.7. The maximum atomic E-state index is 12.2. The Morgan fingerprint density at radius 1 is 0.971 bits per heavy atom. The van der Waals surface area contributed by atoms with Gasteiger partial charge in [0.25, 0.3) is 0 Å². The summed E-state index contributed by atoms with van der Waals surface area (Å²) in [5.74, 6) is -0.488. The summed E-state index contributed by atoms with van der Waals surface area (Å²) >= 11 is 8.26. The molecule has 0 aliphatic carbocycles. The first-order valence-corrected chi connectivity index (χ1v) is 14.3. The first-order chi connectivity index (χ1) is 16.2. The highest BCUT2D eigenvalue weighted by atomic mass is 127. The molecule has 0 saturated heterocycles. The van der Waals surface area contributed by atoms with Gasteiger partial charge < -0.3 is 30.3 Å². The lowest BCUT2D eigenvalue weighted by Gasteiger charge is -2.20. The number of carboxylic acid groups (broad SMARTS) is 1. The van der Waals surface area contributed by atoms with Crippen LogP contribution < -0.4 is 15.4 Å². The number of carboxylic acids is 1. The van der Waals surface area contributed by atoms with Crippen molar-refractivity contribution >= 4 is 108 Å². The predicted molar refractivity (Wildman–Crippen MR) is 163 cm³/mol. The fourth-order valence-corrected chi connectivity index (χ4v) is 6.52. The number of phenolic OH excluding ortho intramolecular Hbond substituents is 1. The van der Waals surface area contributed by atoms with Gasteiger partial charge in [-0.3, -0.25) is 4.79 Å². The van der Waals surface area contributed by atoms with E-state index in [0.717, 1.165) is 7.14 Å². The predicted octanol–water partition coefficient (Wildman–Crippen LogP) is 5.24. The molecule has 1 atom stereocenters. The van der Waals surface area contributed by atoms with Crippen LogP contribution in [0.4, 0.5) is 4.79 Å². The molecular formula is C22H22I4N2O7. The average Bonchev–Trinajstić information content (AvgIpc) is 2.71. The SMILES string of the molecule is CC(C)(C)OC(=O)NCC(=O)NC(Cc1cc(I)c(Oc2cc(I)c(O)c(I)c2)c(I)c1)C(=O)O. The van der Waals surface area contributed by atoms with Crippen LogP contribution in [0.1, 0.15) is 26.3 Å². The van der Waals surface area contributed by atoms with E-state index in [9.17, 15) is 24.6 Å². The summed E-state index contributed by atoms with van der Waals surface area (Å²) in [6.07, 6.45) is -0.730. The molecule has 0 heterocycles. The number of phenols is 1. The zero-order valence-corrected chi connectivity index (χ0v) is 27.4. The summed E-state index contributed by atoms with van der Waals surface area (Å²) in [5, 5.41) is 24.3. The maximum absolute atomic E-state index is 12.2. The van der Waals surface area contributed by atoms with E-state index in [1.165, 1.54) is 0 Å². The second kappa shape index (κ2) is 13.1. The van der Waals surface area contributed by atoms with Gasteiger partial charge in [-0.25, -0.2) is 9.59 Å². The van der Waals surface area contributed by atoms with Gasteiger partial charge in [0.15, 0.2) is 5.75 Å². The molecule has 0 aliphatic rings. The number of aromatic hydroxyl groups is 1. The Bertz CT molecular complexity index is 1090. The molecule has 0 aliphatic heterocycles. The molecule has 2 aromatic carbocycles. The van der Waals surface area contributed by atoms with Crippen molar-refractivity contribution in [3.05, 3.63) is 44.1 Å². The first-order valence-electron chi connectivity index (χ1n) is 9.99. The fourth-order valence-electron chi connectivity index (χ4n) is 2.69. The van der Waals surface area contributed by atoms with Gasteiger partial charge in [-0.2, -0.15) is 0 Å². The van der Waals surface area contributed by atoms with Gasteiger partial charge in [0, 0.05) is 6.42 Å². The molecule has 2 aromatic rings. The summed E-state index contributed by atoms with van der Waals surface area (Å²) < 4.78 is 13.9. The Morgan fingerprint density at radius 3 is 2.00 bits per heavy atom. The van der Waals surface area contributed by atoms with Crippen molar-refractivity contribution in [1.82, 2.24) is 10.6 Å². The summed E-state index contributed by atoms with van der Waals surface area (Å²) in [6, 6.07) is 5.82. The molecule has 190 valence electrons. The van der Waals surface area contributed by atoms with Crippen molar-refractivity contribution in [3.8, 4) is 17.2 Å². The number of aliphatic carboxylic acids is 1. The number of carbonyl (C=O) groups is 3. The van der Waals surface area contributed by atoms with Crippen LogP contribution >= 0.6 is 90.4 Å². The molecule has 0 bridgehead atoms. The fraction of sp³-hybridized carbons (Fsp3) is 0.318. The molecule has 0 fully saturated rings. The third-order valence-corrected chi connectivity index (χ3v) is 7.38. The maximum Gasteiger partial charge on any atom is 0.408 e. The Balaban J connectivity index is 2.09. The number of hydrogen-bond acceptors (Lipinski definition) is 6. The van der Waals surface area contributed by atoms with Crippen molar-refractivity contribution < 1.29 is 34.1 Å². The van der Waals surface area contributed by atoms with Gasteiger partial charge in [0.2, 0.25) is 5.91 Å². The summed E-state index contributed by atoms with van der Waals surface area (Å²) in [5.41, 5.74) is -0.0260. The second-order valence-electron chi connectivity index (χ2n) is 8.24. The van der Waals surface area contributed by atoms with Gasteiger partial charge in [0.05, 0.1) is 14.3 Å². The minimum Gasteiger partial charge on any atom is -0.506 e. The van der Waals surface area contributed by atoms with Crippen LogP contribution in [0.3, 0.4) is 0 Å². The number of hydrogen-bond donors (Lipinski definition) is 4. The number of amides is 2. The van der Waals surface area contributed by atoms with Gasteiger partial charge in [0.1, 0.15) is 29.7 Å². The van der Waals surface area contributed by atoms with E-state index in [4.69, 9.17) is 9.47 Å². The van der Waals surface area contributed by atoms with Crippen LogP contribution in [0.15, 0.2) is 24.3 Å². The molecule has 1 unspecified atom stereocenters. The van der Waals surface area contributed by atoms with Crippen LogP contribution in [0.5, 0.6) is 17.2 Å². The molecule has 35 heavy (non-hydrogen) atoms. The van der Waals surface area contributed by atoms with Crippen molar-refractivity contribution in [2.24, 2.45) is 0 Å². The van der Waals surface area contributed by atoms with Gasteiger partial charge >= 0.3 is 12.1 Å². The van der Waals surface area contributed by atoms with Gasteiger partial charge in [-0.15, -0.1) is 0 Å². The monoisotopic (exact) mass is 934 g/mol. The molecule has 2 rings (SSSR count). The van der Waals surface area contributed by atoms with Crippen LogP contribution in [0.2, 0.25) is 0 Å². The van der Waals surface area contributed by atoms with Crippen molar-refractivity contribution in [2.45, 2.75) is 38.8 Å². The minimum atomic E-state index is -1.20. The lowest BCUT2D eigenvalue weighted by molar-refractivity contribution is -0.141. The molecule has 0 aromatic heterocycles. The highest BCUT2D eigenvalue weighted by Crippen LogP contribution is 2.37. The van der Waals surface area contributed by atoms with Crippen molar-refractivity contribution in [2.75, 3.05) is 6.54 Å². The lowest BCUT2D eigenvalue weighted by Crippen LogP contribution is -2.47. The molecule has 13 heteroatoms. The summed E-state index contributed by atoms with van der Waals surface area (Å²) in [6.45, 7) is 4.67. The third-order valence-electron chi connectivity index (χ3n) is 4.13. The Kier molecular flexibility index (Phi) is 11.4.